The average molecular weight is 440 g/mol. The number of nitrogens with two attached hydrogens (primary N) is 1. The fourth-order valence-electron chi connectivity index (χ4n) is 2.36. The molecule has 30 heavy (non-hydrogen) atoms. The fourth-order valence-corrected chi connectivity index (χ4v) is 2.36. The minimum atomic E-state index is -0.881. The Hall–Kier alpha value is -2.06. The molecule has 0 radical (unpaired) electrons. The molecule has 172 valence electrons. The molecule has 0 amide bonds. The van der Waals surface area contributed by atoms with E-state index in [0.29, 0.717) is 23.9 Å². The quantitative estimate of drug-likeness (QED) is 0.544. The van der Waals surface area contributed by atoms with Crippen molar-refractivity contribution in [1.29, 1.82) is 0 Å². The molecule has 2 aromatic rings. The summed E-state index contributed by atoms with van der Waals surface area (Å²) in [6.07, 6.45) is 7.73. The van der Waals surface area contributed by atoms with Crippen LogP contribution in [0.1, 0.15) is 64.6 Å². The molecule has 7 nitrogen and oxygen atoms in total. The molecule has 0 aliphatic rings. The van der Waals surface area contributed by atoms with Crippen LogP contribution in [0.25, 0.3) is 0 Å². The molecular formula is C22H41N5O2S. The van der Waals surface area contributed by atoms with Crippen LogP contribution in [0.15, 0.2) is 30.9 Å². The summed E-state index contributed by atoms with van der Waals surface area (Å²) in [5, 5.41) is 12.4. The largest absolute Gasteiger partial charge is 0.481 e. The molecule has 4 N–H and O–H groups in total. The predicted octanol–water partition coefficient (Wildman–Crippen LogP) is 4.07. The van der Waals surface area contributed by atoms with Crippen LogP contribution in [0.4, 0.5) is 5.82 Å². The Morgan fingerprint density at radius 1 is 1.27 bits per heavy atom. The van der Waals surface area contributed by atoms with E-state index in [1.807, 2.05) is 31.7 Å². The van der Waals surface area contributed by atoms with Crippen LogP contribution in [0.2, 0.25) is 0 Å². The Bertz CT molecular complexity index is 674. The van der Waals surface area contributed by atoms with Gasteiger partial charge >= 0.3 is 5.97 Å². The summed E-state index contributed by atoms with van der Waals surface area (Å²) in [4.78, 5) is 19.9. The number of aromatic nitrogens is 3. The van der Waals surface area contributed by atoms with Crippen LogP contribution in [0, 0.1) is 5.92 Å². The highest BCUT2D eigenvalue weighted by molar-refractivity contribution is 7.59. The highest BCUT2D eigenvalue weighted by atomic mass is 32.1. The van der Waals surface area contributed by atoms with E-state index in [9.17, 15) is 9.90 Å². The number of aliphatic carboxylic acids is 1. The molecule has 0 aromatic carbocycles. The summed E-state index contributed by atoms with van der Waals surface area (Å²) in [5.41, 5.74) is 6.97. The number of anilines is 1. The first kappa shape index (κ1) is 30.1. The van der Waals surface area contributed by atoms with Crippen LogP contribution < -0.4 is 11.1 Å². The predicted molar refractivity (Wildman–Crippen MR) is 130 cm³/mol. The van der Waals surface area contributed by atoms with Gasteiger partial charge in [-0.1, -0.05) is 47.1 Å². The topological polar surface area (TPSA) is 106 Å². The molecule has 2 aromatic heterocycles. The van der Waals surface area contributed by atoms with Gasteiger partial charge in [-0.3, -0.25) is 4.79 Å². The van der Waals surface area contributed by atoms with Crippen molar-refractivity contribution in [2.45, 2.75) is 66.3 Å². The number of carbonyl (C=O) groups is 1. The molecule has 0 aliphatic heterocycles. The molecule has 0 saturated carbocycles. The summed E-state index contributed by atoms with van der Waals surface area (Å²) >= 11 is 0. The second kappa shape index (κ2) is 17.8. The zero-order chi connectivity index (χ0) is 22.2. The first-order valence-corrected chi connectivity index (χ1v) is 10.5. The second-order valence-electron chi connectivity index (χ2n) is 6.73. The number of pyridine rings is 1. The number of nitrogens with zero attached hydrogens (tertiary/aromatic N) is 3. The molecule has 2 atom stereocenters. The third kappa shape index (κ3) is 11.8. The van der Waals surface area contributed by atoms with Crippen molar-refractivity contribution in [2.75, 3.05) is 19.3 Å². The van der Waals surface area contributed by atoms with Crippen LogP contribution in [0.3, 0.4) is 0 Å². The number of carboxylic acids is 1. The molecule has 8 heteroatoms. The number of hydrogen-bond acceptors (Lipinski definition) is 5. The standard InChI is InChI=1S/C17H24N4O2.C3H9N.C2H6.H2S/c1-3-12(2)6-7-21-10-15(20-11-21)14(17(22)23)8-13-4-5-16(18)19-9-13;1-3-4-2;1-2;/h4-5,9-12,14H,3,6-8H2,1-2H3,(H2,18,19)(H,22,23);4H,3H2,1-2H3;1-2H3;1H2. The third-order valence-electron chi connectivity index (χ3n) is 4.53. The van der Waals surface area contributed by atoms with Gasteiger partial charge in [-0.25, -0.2) is 9.97 Å². The number of hydrogen-bond donors (Lipinski definition) is 3. The van der Waals surface area contributed by atoms with Crippen molar-refractivity contribution < 1.29 is 9.90 Å². The fraction of sp³-hybridized carbons (Fsp3) is 0.591. The van der Waals surface area contributed by atoms with Crippen molar-refractivity contribution >= 4 is 25.3 Å². The van der Waals surface area contributed by atoms with Gasteiger partial charge in [0.1, 0.15) is 11.7 Å². The van der Waals surface area contributed by atoms with E-state index in [1.54, 1.807) is 24.7 Å². The number of nitrogen functional groups attached to an aromatic ring is 1. The molecule has 0 fully saturated rings. The van der Waals surface area contributed by atoms with Crippen molar-refractivity contribution in [3.8, 4) is 0 Å². The first-order chi connectivity index (χ1) is 13.9. The zero-order valence-electron chi connectivity index (χ0n) is 19.4. The normalized spacial score (nSPS) is 11.7. The van der Waals surface area contributed by atoms with E-state index >= 15 is 0 Å². The average Bonchev–Trinajstić information content (AvgIpc) is 3.21. The lowest BCUT2D eigenvalue weighted by molar-refractivity contribution is -0.138. The Kier molecular flexibility index (Phi) is 17.8. The van der Waals surface area contributed by atoms with Crippen LogP contribution >= 0.6 is 13.5 Å². The zero-order valence-corrected chi connectivity index (χ0v) is 20.4. The lowest BCUT2D eigenvalue weighted by Gasteiger charge is -2.10. The van der Waals surface area contributed by atoms with E-state index in [2.05, 4.69) is 36.1 Å². The highest BCUT2D eigenvalue weighted by Crippen LogP contribution is 2.20. The van der Waals surface area contributed by atoms with Gasteiger partial charge in [0, 0.05) is 18.9 Å². The van der Waals surface area contributed by atoms with E-state index < -0.39 is 11.9 Å². The Balaban J connectivity index is 0. The number of carboxylic acid groups (broad SMARTS) is 1. The molecule has 0 spiro atoms. The Morgan fingerprint density at radius 3 is 2.37 bits per heavy atom. The Morgan fingerprint density at radius 2 is 1.90 bits per heavy atom. The molecule has 2 rings (SSSR count). The molecule has 0 bridgehead atoms. The van der Waals surface area contributed by atoms with Gasteiger partial charge in [-0.15, -0.1) is 0 Å². The van der Waals surface area contributed by atoms with Crippen molar-refractivity contribution in [2.24, 2.45) is 5.92 Å². The monoisotopic (exact) mass is 439 g/mol. The maximum Gasteiger partial charge on any atom is 0.312 e. The van der Waals surface area contributed by atoms with Gasteiger partial charge in [-0.05, 0) is 44.0 Å². The number of rotatable bonds is 9. The Labute approximate surface area is 189 Å². The summed E-state index contributed by atoms with van der Waals surface area (Å²) in [6.45, 7) is 12.4. The smallest absolute Gasteiger partial charge is 0.312 e. The maximum absolute atomic E-state index is 11.6. The molecule has 0 aliphatic carbocycles. The van der Waals surface area contributed by atoms with Gasteiger partial charge in [0.05, 0.1) is 12.0 Å². The molecule has 0 saturated heterocycles. The maximum atomic E-state index is 11.6. The van der Waals surface area contributed by atoms with E-state index in [1.165, 1.54) is 0 Å². The van der Waals surface area contributed by atoms with Crippen molar-refractivity contribution in [3.05, 3.63) is 42.1 Å². The van der Waals surface area contributed by atoms with Crippen LogP contribution in [0.5, 0.6) is 0 Å². The summed E-state index contributed by atoms with van der Waals surface area (Å²) in [6, 6.07) is 3.48. The van der Waals surface area contributed by atoms with Crippen molar-refractivity contribution in [1.82, 2.24) is 19.9 Å². The second-order valence-corrected chi connectivity index (χ2v) is 6.73. The van der Waals surface area contributed by atoms with Crippen LogP contribution in [-0.2, 0) is 17.8 Å². The number of nitrogens with one attached hydrogen (secondary N) is 1. The summed E-state index contributed by atoms with van der Waals surface area (Å²) in [5.74, 6) is -0.480. The van der Waals surface area contributed by atoms with Crippen LogP contribution in [-0.4, -0.2) is 39.2 Å². The minimum absolute atomic E-state index is 0. The van der Waals surface area contributed by atoms with Crippen molar-refractivity contribution in [3.63, 3.8) is 0 Å². The summed E-state index contributed by atoms with van der Waals surface area (Å²) in [7, 11) is 1.93. The summed E-state index contributed by atoms with van der Waals surface area (Å²) < 4.78 is 1.97. The van der Waals surface area contributed by atoms with Gasteiger partial charge in [-0.2, -0.15) is 13.5 Å². The van der Waals surface area contributed by atoms with Gasteiger partial charge in [0.25, 0.3) is 0 Å². The minimum Gasteiger partial charge on any atom is -0.481 e. The van der Waals surface area contributed by atoms with Gasteiger partial charge < -0.3 is 20.7 Å². The first-order valence-electron chi connectivity index (χ1n) is 10.5. The molecular weight excluding hydrogens is 398 g/mol. The molecule has 2 unspecified atom stereocenters. The van der Waals surface area contributed by atoms with E-state index in [-0.39, 0.29) is 13.5 Å². The number of aryl methyl sites for hydroxylation is 1. The SMILES string of the molecule is CC.CCC(C)CCn1cnc(C(Cc2ccc(N)nc2)C(=O)O)c1.CCNC.S. The lowest BCUT2D eigenvalue weighted by Crippen LogP contribution is -2.15. The van der Waals surface area contributed by atoms with Gasteiger partial charge in [0.2, 0.25) is 0 Å². The van der Waals surface area contributed by atoms with E-state index in [4.69, 9.17) is 5.73 Å². The van der Waals surface area contributed by atoms with E-state index in [0.717, 1.165) is 31.5 Å². The lowest BCUT2D eigenvalue weighted by atomic mass is 9.98. The molecule has 2 heterocycles. The third-order valence-corrected chi connectivity index (χ3v) is 4.53. The number of imidazole rings is 1. The van der Waals surface area contributed by atoms with Gasteiger partial charge in [0.15, 0.2) is 0 Å². The highest BCUT2D eigenvalue weighted by Gasteiger charge is 2.23.